The number of amides is 1. The molecule has 23 heavy (non-hydrogen) atoms. The number of nitrogens with two attached hydrogens (primary N) is 1. The molecule has 1 aliphatic carbocycles. The molecule has 3 aliphatic rings. The van der Waals surface area contributed by atoms with Gasteiger partial charge in [0, 0.05) is 38.8 Å². The summed E-state index contributed by atoms with van der Waals surface area (Å²) in [7, 11) is 0. The lowest BCUT2D eigenvalue weighted by Crippen LogP contribution is -2.49. The SMILES string of the molecule is C[C@@H]1CN(CC2CCN(C(=O)[C@@H]3CCC[C@@H]3N)CC2)C[C@@H](C)O1. The maximum atomic E-state index is 12.6. The van der Waals surface area contributed by atoms with Gasteiger partial charge in [-0.2, -0.15) is 0 Å². The lowest BCUT2D eigenvalue weighted by Gasteiger charge is -2.40. The number of likely N-dealkylation sites (tertiary alicyclic amines) is 1. The number of carbonyl (C=O) groups is 1. The van der Waals surface area contributed by atoms with Gasteiger partial charge in [-0.25, -0.2) is 0 Å². The van der Waals surface area contributed by atoms with Crippen molar-refractivity contribution in [3.8, 4) is 0 Å². The fraction of sp³-hybridized carbons (Fsp3) is 0.944. The van der Waals surface area contributed by atoms with Gasteiger partial charge in [0.15, 0.2) is 0 Å². The van der Waals surface area contributed by atoms with Gasteiger partial charge < -0.3 is 15.4 Å². The van der Waals surface area contributed by atoms with Crippen molar-refractivity contribution >= 4 is 5.91 Å². The average molecular weight is 323 g/mol. The van der Waals surface area contributed by atoms with E-state index in [2.05, 4.69) is 23.6 Å². The first-order valence-corrected chi connectivity index (χ1v) is 9.45. The molecular formula is C18H33N3O2. The number of rotatable bonds is 3. The normalized spacial score (nSPS) is 37.3. The Kier molecular flexibility index (Phi) is 5.60. The van der Waals surface area contributed by atoms with Crippen LogP contribution in [-0.2, 0) is 9.53 Å². The third-order valence-corrected chi connectivity index (χ3v) is 5.82. The van der Waals surface area contributed by atoms with Crippen molar-refractivity contribution < 1.29 is 9.53 Å². The van der Waals surface area contributed by atoms with Crippen molar-refractivity contribution in [3.05, 3.63) is 0 Å². The summed E-state index contributed by atoms with van der Waals surface area (Å²) in [6.07, 6.45) is 6.06. The van der Waals surface area contributed by atoms with Gasteiger partial charge in [0.2, 0.25) is 5.91 Å². The minimum absolute atomic E-state index is 0.0903. The first-order chi connectivity index (χ1) is 11.0. The molecule has 5 nitrogen and oxygen atoms in total. The second-order valence-corrected chi connectivity index (χ2v) is 7.95. The molecule has 0 aromatic rings. The fourth-order valence-electron chi connectivity index (χ4n) is 4.66. The lowest BCUT2D eigenvalue weighted by molar-refractivity contribution is -0.137. The van der Waals surface area contributed by atoms with Gasteiger partial charge >= 0.3 is 0 Å². The number of carbonyl (C=O) groups excluding carboxylic acids is 1. The van der Waals surface area contributed by atoms with Crippen LogP contribution in [0.15, 0.2) is 0 Å². The molecular weight excluding hydrogens is 290 g/mol. The topological polar surface area (TPSA) is 58.8 Å². The molecule has 4 atom stereocenters. The third-order valence-electron chi connectivity index (χ3n) is 5.82. The zero-order valence-electron chi connectivity index (χ0n) is 14.7. The lowest BCUT2D eigenvalue weighted by atomic mass is 9.93. The third kappa shape index (κ3) is 4.25. The molecule has 2 aliphatic heterocycles. The minimum Gasteiger partial charge on any atom is -0.373 e. The Morgan fingerprint density at radius 3 is 2.30 bits per heavy atom. The molecule has 0 aromatic carbocycles. The Morgan fingerprint density at radius 2 is 1.74 bits per heavy atom. The van der Waals surface area contributed by atoms with Gasteiger partial charge in [-0.05, 0) is 45.4 Å². The highest BCUT2D eigenvalue weighted by atomic mass is 16.5. The molecule has 0 spiro atoms. The molecule has 3 fully saturated rings. The summed E-state index contributed by atoms with van der Waals surface area (Å²) in [5.74, 6) is 1.13. The van der Waals surface area contributed by atoms with Crippen LogP contribution in [0.4, 0.5) is 0 Å². The molecule has 0 radical (unpaired) electrons. The van der Waals surface area contributed by atoms with E-state index in [1.54, 1.807) is 0 Å². The Balaban J connectivity index is 1.44. The van der Waals surface area contributed by atoms with E-state index >= 15 is 0 Å². The van der Waals surface area contributed by atoms with Crippen LogP contribution in [0.25, 0.3) is 0 Å². The van der Waals surface area contributed by atoms with Crippen molar-refractivity contribution in [3.63, 3.8) is 0 Å². The summed E-state index contributed by atoms with van der Waals surface area (Å²) in [5, 5.41) is 0. The van der Waals surface area contributed by atoms with Crippen molar-refractivity contribution in [2.45, 2.75) is 64.2 Å². The van der Waals surface area contributed by atoms with Crippen molar-refractivity contribution in [2.75, 3.05) is 32.7 Å². The van der Waals surface area contributed by atoms with Crippen molar-refractivity contribution in [1.29, 1.82) is 0 Å². The first-order valence-electron chi connectivity index (χ1n) is 9.45. The van der Waals surface area contributed by atoms with E-state index in [1.807, 2.05) is 0 Å². The van der Waals surface area contributed by atoms with E-state index in [4.69, 9.17) is 10.5 Å². The highest BCUT2D eigenvalue weighted by Gasteiger charge is 2.35. The number of hydrogen-bond donors (Lipinski definition) is 1. The highest BCUT2D eigenvalue weighted by Crippen LogP contribution is 2.28. The van der Waals surface area contributed by atoms with Gasteiger partial charge in [0.05, 0.1) is 18.1 Å². The van der Waals surface area contributed by atoms with Crippen LogP contribution >= 0.6 is 0 Å². The number of hydrogen-bond acceptors (Lipinski definition) is 4. The Labute approximate surface area is 140 Å². The van der Waals surface area contributed by atoms with Crippen molar-refractivity contribution in [1.82, 2.24) is 9.80 Å². The van der Waals surface area contributed by atoms with Gasteiger partial charge in [-0.1, -0.05) is 6.42 Å². The zero-order chi connectivity index (χ0) is 16.4. The van der Waals surface area contributed by atoms with Crippen LogP contribution in [0.3, 0.4) is 0 Å². The predicted molar refractivity (Wildman–Crippen MR) is 91.1 cm³/mol. The van der Waals surface area contributed by atoms with Crippen LogP contribution in [0.2, 0.25) is 0 Å². The van der Waals surface area contributed by atoms with Crippen LogP contribution < -0.4 is 5.73 Å². The first kappa shape index (κ1) is 17.2. The van der Waals surface area contributed by atoms with Crippen LogP contribution in [0, 0.1) is 11.8 Å². The minimum atomic E-state index is 0.0903. The molecule has 5 heteroatoms. The fourth-order valence-corrected chi connectivity index (χ4v) is 4.66. The molecule has 2 heterocycles. The van der Waals surface area contributed by atoms with E-state index in [-0.39, 0.29) is 12.0 Å². The summed E-state index contributed by atoms with van der Waals surface area (Å²) < 4.78 is 5.81. The predicted octanol–water partition coefficient (Wildman–Crippen LogP) is 1.46. The van der Waals surface area contributed by atoms with E-state index in [9.17, 15) is 4.79 Å². The van der Waals surface area contributed by atoms with Crippen LogP contribution in [0.5, 0.6) is 0 Å². The summed E-state index contributed by atoms with van der Waals surface area (Å²) in [5.41, 5.74) is 6.10. The second-order valence-electron chi connectivity index (χ2n) is 7.95. The van der Waals surface area contributed by atoms with Crippen molar-refractivity contribution in [2.24, 2.45) is 17.6 Å². The number of nitrogens with zero attached hydrogens (tertiary/aromatic N) is 2. The van der Waals surface area contributed by atoms with Gasteiger partial charge in [0.1, 0.15) is 0 Å². The highest BCUT2D eigenvalue weighted by molar-refractivity contribution is 5.80. The Morgan fingerprint density at radius 1 is 1.09 bits per heavy atom. The number of morpholine rings is 1. The molecule has 0 aromatic heterocycles. The molecule has 0 bridgehead atoms. The monoisotopic (exact) mass is 323 g/mol. The summed E-state index contributed by atoms with van der Waals surface area (Å²) in [6, 6.07) is 0.0940. The smallest absolute Gasteiger partial charge is 0.227 e. The summed E-state index contributed by atoms with van der Waals surface area (Å²) >= 11 is 0. The number of piperidine rings is 1. The summed E-state index contributed by atoms with van der Waals surface area (Å²) in [4.78, 5) is 17.2. The molecule has 2 saturated heterocycles. The van der Waals surface area contributed by atoms with E-state index in [1.165, 1.54) is 0 Å². The zero-order valence-corrected chi connectivity index (χ0v) is 14.7. The van der Waals surface area contributed by atoms with E-state index < -0.39 is 0 Å². The van der Waals surface area contributed by atoms with Crippen LogP contribution in [-0.4, -0.2) is 66.7 Å². The second kappa shape index (κ2) is 7.49. The van der Waals surface area contributed by atoms with Gasteiger partial charge in [-0.3, -0.25) is 9.69 Å². The average Bonchev–Trinajstić information content (AvgIpc) is 2.92. The van der Waals surface area contributed by atoms with E-state index in [0.29, 0.717) is 24.0 Å². The standard InChI is InChI=1S/C18H33N3O2/c1-13-10-20(11-14(2)23-13)12-15-6-8-21(9-7-15)18(22)16-4-3-5-17(16)19/h13-17H,3-12,19H2,1-2H3/t13-,14-,16-,17+/m1/s1. The molecule has 0 unspecified atom stereocenters. The van der Waals surface area contributed by atoms with E-state index in [0.717, 1.165) is 64.8 Å². The van der Waals surface area contributed by atoms with Gasteiger partial charge in [-0.15, -0.1) is 0 Å². The number of ether oxygens (including phenoxy) is 1. The maximum Gasteiger partial charge on any atom is 0.227 e. The molecule has 2 N–H and O–H groups in total. The Bertz CT molecular complexity index is 399. The summed E-state index contributed by atoms with van der Waals surface area (Å²) in [6.45, 7) is 9.40. The maximum absolute atomic E-state index is 12.6. The van der Waals surface area contributed by atoms with Gasteiger partial charge in [0.25, 0.3) is 0 Å². The Hall–Kier alpha value is -0.650. The quantitative estimate of drug-likeness (QED) is 0.854. The molecule has 1 saturated carbocycles. The molecule has 1 amide bonds. The van der Waals surface area contributed by atoms with Crippen LogP contribution in [0.1, 0.15) is 46.0 Å². The molecule has 132 valence electrons. The molecule has 3 rings (SSSR count). The largest absolute Gasteiger partial charge is 0.373 e.